The highest BCUT2D eigenvalue weighted by atomic mass is 16.5. The van der Waals surface area contributed by atoms with E-state index in [0.717, 1.165) is 12.8 Å². The van der Waals surface area contributed by atoms with E-state index in [-0.39, 0.29) is 18.2 Å². The lowest BCUT2D eigenvalue weighted by Gasteiger charge is -2.06. The van der Waals surface area contributed by atoms with E-state index in [0.29, 0.717) is 17.7 Å². The Hall–Kier alpha value is -1.64. The molecular weight excluding hydrogens is 372 g/mol. The lowest BCUT2D eigenvalue weighted by atomic mass is 10.0. The van der Waals surface area contributed by atoms with Gasteiger partial charge in [-0.25, -0.2) is 0 Å². The molecule has 0 aliphatic heterocycles. The molecule has 30 heavy (non-hydrogen) atoms. The molecule has 0 bridgehead atoms. The van der Waals surface area contributed by atoms with Crippen molar-refractivity contribution in [2.24, 2.45) is 0 Å². The van der Waals surface area contributed by atoms with Gasteiger partial charge in [0.15, 0.2) is 11.6 Å². The summed E-state index contributed by atoms with van der Waals surface area (Å²) < 4.78 is 5.52. The van der Waals surface area contributed by atoms with E-state index < -0.39 is 0 Å². The summed E-state index contributed by atoms with van der Waals surface area (Å²) in [4.78, 5) is 23.2. The van der Waals surface area contributed by atoms with Gasteiger partial charge in [0.25, 0.3) is 0 Å². The molecule has 1 aromatic carbocycles. The maximum Gasteiger partial charge on any atom is 0.170 e. The van der Waals surface area contributed by atoms with E-state index in [2.05, 4.69) is 6.92 Å². The summed E-state index contributed by atoms with van der Waals surface area (Å²) >= 11 is 0. The van der Waals surface area contributed by atoms with Crippen LogP contribution in [0.2, 0.25) is 0 Å². The standard InChI is InChI=1S/C27H44O3/c1-3-4-5-6-7-8-9-10-11-12-13-14-15-16-17-18-26(29)23-30-27-21-19-25(20-22-27)24(2)28/h19-22H,3-18,23H2,1-2H3. The largest absolute Gasteiger partial charge is 0.486 e. The Labute approximate surface area is 185 Å². The third-order valence-corrected chi connectivity index (χ3v) is 5.72. The second-order valence-corrected chi connectivity index (χ2v) is 8.61. The number of Topliss-reactive ketones (excluding diaryl/α,β-unsaturated/α-hetero) is 2. The van der Waals surface area contributed by atoms with Gasteiger partial charge in [0.2, 0.25) is 0 Å². The fourth-order valence-corrected chi connectivity index (χ4v) is 3.72. The Morgan fingerprint density at radius 3 is 1.53 bits per heavy atom. The summed E-state index contributed by atoms with van der Waals surface area (Å²) in [5.74, 6) is 0.830. The monoisotopic (exact) mass is 416 g/mol. The average molecular weight is 417 g/mol. The molecule has 0 amide bonds. The number of unbranched alkanes of at least 4 members (excludes halogenated alkanes) is 14. The number of rotatable bonds is 20. The van der Waals surface area contributed by atoms with Crippen LogP contribution in [0.25, 0.3) is 0 Å². The summed E-state index contributed by atoms with van der Waals surface area (Å²) in [7, 11) is 0. The molecule has 3 nitrogen and oxygen atoms in total. The Balaban J connectivity index is 1.86. The first-order valence-corrected chi connectivity index (χ1v) is 12.4. The highest BCUT2D eigenvalue weighted by Gasteiger charge is 2.04. The number of carbonyl (C=O) groups is 2. The number of carbonyl (C=O) groups excluding carboxylic acids is 2. The predicted octanol–water partition coefficient (Wildman–Crippen LogP) is 8.10. The molecule has 0 aliphatic carbocycles. The number of ether oxygens (including phenoxy) is 1. The van der Waals surface area contributed by atoms with Crippen molar-refractivity contribution >= 4 is 11.6 Å². The molecule has 1 rings (SSSR count). The van der Waals surface area contributed by atoms with Gasteiger partial charge in [0.05, 0.1) is 0 Å². The maximum absolute atomic E-state index is 11.9. The molecule has 0 aliphatic rings. The van der Waals surface area contributed by atoms with Crippen LogP contribution in [0.4, 0.5) is 0 Å². The van der Waals surface area contributed by atoms with Crippen molar-refractivity contribution in [2.45, 2.75) is 117 Å². The summed E-state index contributed by atoms with van der Waals surface area (Å²) in [5.41, 5.74) is 0.659. The zero-order valence-corrected chi connectivity index (χ0v) is 19.6. The van der Waals surface area contributed by atoms with Gasteiger partial charge < -0.3 is 4.74 Å². The zero-order chi connectivity index (χ0) is 21.9. The lowest BCUT2D eigenvalue weighted by Crippen LogP contribution is -2.11. The fraction of sp³-hybridized carbons (Fsp3) is 0.704. The fourth-order valence-electron chi connectivity index (χ4n) is 3.72. The van der Waals surface area contributed by atoms with Crippen LogP contribution in [0.5, 0.6) is 5.75 Å². The predicted molar refractivity (Wildman–Crippen MR) is 126 cm³/mol. The molecule has 1 aromatic rings. The van der Waals surface area contributed by atoms with E-state index in [1.165, 1.54) is 90.4 Å². The van der Waals surface area contributed by atoms with Crippen molar-refractivity contribution in [3.63, 3.8) is 0 Å². The minimum absolute atomic E-state index is 0.0331. The summed E-state index contributed by atoms with van der Waals surface area (Å²) in [6.07, 6.45) is 20.6. The van der Waals surface area contributed by atoms with Gasteiger partial charge in [-0.2, -0.15) is 0 Å². The smallest absolute Gasteiger partial charge is 0.170 e. The first-order valence-electron chi connectivity index (χ1n) is 12.4. The van der Waals surface area contributed by atoms with E-state index >= 15 is 0 Å². The van der Waals surface area contributed by atoms with Crippen LogP contribution in [0.3, 0.4) is 0 Å². The molecule has 0 saturated heterocycles. The number of hydrogen-bond acceptors (Lipinski definition) is 3. The van der Waals surface area contributed by atoms with Crippen molar-refractivity contribution in [2.75, 3.05) is 6.61 Å². The van der Waals surface area contributed by atoms with Crippen molar-refractivity contribution in [3.8, 4) is 5.75 Å². The van der Waals surface area contributed by atoms with Gasteiger partial charge in [-0.15, -0.1) is 0 Å². The van der Waals surface area contributed by atoms with E-state index in [1.54, 1.807) is 24.3 Å². The maximum atomic E-state index is 11.9. The quantitative estimate of drug-likeness (QED) is 0.159. The lowest BCUT2D eigenvalue weighted by molar-refractivity contribution is -0.121. The van der Waals surface area contributed by atoms with Crippen LogP contribution in [0.15, 0.2) is 24.3 Å². The van der Waals surface area contributed by atoms with Gasteiger partial charge in [0.1, 0.15) is 12.4 Å². The van der Waals surface area contributed by atoms with Crippen LogP contribution < -0.4 is 4.74 Å². The highest BCUT2D eigenvalue weighted by Crippen LogP contribution is 2.15. The first-order chi connectivity index (χ1) is 14.6. The minimum atomic E-state index is 0.0331. The van der Waals surface area contributed by atoms with Crippen LogP contribution in [0, 0.1) is 0 Å². The second-order valence-electron chi connectivity index (χ2n) is 8.61. The Bertz CT molecular complexity index is 562. The summed E-state index contributed by atoms with van der Waals surface area (Å²) in [6, 6.07) is 6.96. The molecule has 0 heterocycles. The number of benzene rings is 1. The molecule has 0 atom stereocenters. The van der Waals surface area contributed by atoms with Crippen LogP contribution in [-0.2, 0) is 4.79 Å². The Morgan fingerprint density at radius 1 is 0.667 bits per heavy atom. The molecule has 0 unspecified atom stereocenters. The summed E-state index contributed by atoms with van der Waals surface area (Å²) in [6.45, 7) is 3.93. The van der Waals surface area contributed by atoms with E-state index in [4.69, 9.17) is 4.74 Å². The van der Waals surface area contributed by atoms with E-state index in [1.807, 2.05) is 0 Å². The van der Waals surface area contributed by atoms with Crippen LogP contribution in [0.1, 0.15) is 127 Å². The molecule has 0 radical (unpaired) electrons. The van der Waals surface area contributed by atoms with Crippen molar-refractivity contribution < 1.29 is 14.3 Å². The molecule has 170 valence electrons. The molecule has 0 aromatic heterocycles. The molecular formula is C27H44O3. The minimum Gasteiger partial charge on any atom is -0.486 e. The third-order valence-electron chi connectivity index (χ3n) is 5.72. The van der Waals surface area contributed by atoms with Crippen LogP contribution in [-0.4, -0.2) is 18.2 Å². The highest BCUT2D eigenvalue weighted by molar-refractivity contribution is 5.94. The van der Waals surface area contributed by atoms with Gasteiger partial charge in [-0.1, -0.05) is 96.8 Å². The van der Waals surface area contributed by atoms with Gasteiger partial charge in [-0.05, 0) is 37.6 Å². The van der Waals surface area contributed by atoms with Crippen molar-refractivity contribution in [1.29, 1.82) is 0 Å². The van der Waals surface area contributed by atoms with Crippen LogP contribution >= 0.6 is 0 Å². The third kappa shape index (κ3) is 14.4. The Kier molecular flexibility index (Phi) is 16.0. The molecule has 0 spiro atoms. The average Bonchev–Trinajstić information content (AvgIpc) is 2.75. The SMILES string of the molecule is CCCCCCCCCCCCCCCCCC(=O)COc1ccc(C(C)=O)cc1. The van der Waals surface area contributed by atoms with Gasteiger partial charge in [-0.3, -0.25) is 9.59 Å². The Morgan fingerprint density at radius 2 is 1.10 bits per heavy atom. The van der Waals surface area contributed by atoms with Gasteiger partial charge >= 0.3 is 0 Å². The second kappa shape index (κ2) is 18.2. The number of hydrogen-bond donors (Lipinski definition) is 0. The summed E-state index contributed by atoms with van der Waals surface area (Å²) in [5, 5.41) is 0. The number of ketones is 2. The molecule has 0 saturated carbocycles. The molecule has 0 N–H and O–H groups in total. The topological polar surface area (TPSA) is 43.4 Å². The van der Waals surface area contributed by atoms with Gasteiger partial charge in [0, 0.05) is 12.0 Å². The molecule has 3 heteroatoms. The molecule has 0 fully saturated rings. The first kappa shape index (κ1) is 26.4. The van der Waals surface area contributed by atoms with E-state index in [9.17, 15) is 9.59 Å². The normalized spacial score (nSPS) is 10.9. The zero-order valence-electron chi connectivity index (χ0n) is 19.6. The van der Waals surface area contributed by atoms with Crippen molar-refractivity contribution in [1.82, 2.24) is 0 Å². The van der Waals surface area contributed by atoms with Crippen molar-refractivity contribution in [3.05, 3.63) is 29.8 Å².